The predicted octanol–water partition coefficient (Wildman–Crippen LogP) is 3.74. The van der Waals surface area contributed by atoms with Crippen LogP contribution in [0, 0.1) is 17.8 Å². The minimum Gasteiger partial charge on any atom is -0.480 e. The summed E-state index contributed by atoms with van der Waals surface area (Å²) in [4.78, 5) is 10.5. The van der Waals surface area contributed by atoms with E-state index in [-0.39, 0.29) is 46.7 Å². The summed E-state index contributed by atoms with van der Waals surface area (Å²) in [5, 5.41) is 19.2. The second-order valence-corrected chi connectivity index (χ2v) is 8.56. The van der Waals surface area contributed by atoms with Gasteiger partial charge in [-0.1, -0.05) is 31.4 Å². The lowest BCUT2D eigenvalue weighted by atomic mass is 9.80. The number of aliphatic hydroxyl groups is 1. The third-order valence-corrected chi connectivity index (χ3v) is 6.95. The van der Waals surface area contributed by atoms with E-state index >= 15 is 0 Å². The van der Waals surface area contributed by atoms with Gasteiger partial charge in [-0.05, 0) is 49.9 Å². The van der Waals surface area contributed by atoms with Crippen molar-refractivity contribution in [3.8, 4) is 0 Å². The van der Waals surface area contributed by atoms with Gasteiger partial charge in [0.1, 0.15) is 6.61 Å². The standard InChI is InChI=1S/C20H36O6P2/c21-17-12-19(26-28)16(15(17)8-4-5-11-24-13-20(22)23)9-10-18(25-27)14-6-2-1-3-7-14/h4-5,14-19,21H,1-3,6-13,27-28H2,(H,22,23)/t15-,16-,17+,18-,19-/m1/s1/i28T/t15-,16-,17+,18-,19-,28?. The van der Waals surface area contributed by atoms with Gasteiger partial charge in [0, 0.05) is 25.3 Å². The molecule has 28 heavy (non-hydrogen) atoms. The van der Waals surface area contributed by atoms with Gasteiger partial charge in [0.25, 0.3) is 0 Å². The lowest BCUT2D eigenvalue weighted by Crippen LogP contribution is -2.27. The van der Waals surface area contributed by atoms with Gasteiger partial charge >= 0.3 is 5.97 Å². The van der Waals surface area contributed by atoms with Crippen LogP contribution in [0.3, 0.4) is 0 Å². The number of hydrogen-bond acceptors (Lipinski definition) is 5. The third-order valence-electron chi connectivity index (χ3n) is 6.30. The molecule has 6 nitrogen and oxygen atoms in total. The van der Waals surface area contributed by atoms with E-state index in [0.717, 1.165) is 12.8 Å². The second kappa shape index (κ2) is 13.3. The molecule has 0 amide bonds. The summed E-state index contributed by atoms with van der Waals surface area (Å²) in [7, 11) is 2.11. The van der Waals surface area contributed by atoms with Crippen molar-refractivity contribution in [2.75, 3.05) is 13.2 Å². The maximum Gasteiger partial charge on any atom is 0.329 e. The van der Waals surface area contributed by atoms with Crippen LogP contribution in [0.5, 0.6) is 0 Å². The molecule has 0 bridgehead atoms. The number of aliphatic carboxylic acids is 1. The summed E-state index contributed by atoms with van der Waals surface area (Å²) in [5.74, 6) is -0.110. The molecular weight excluding hydrogens is 398 g/mol. The van der Waals surface area contributed by atoms with Gasteiger partial charge in [0.2, 0.25) is 0 Å². The number of ether oxygens (including phenoxy) is 1. The highest BCUT2D eigenvalue weighted by Gasteiger charge is 2.42. The highest BCUT2D eigenvalue weighted by atomic mass is 31.0. The summed E-state index contributed by atoms with van der Waals surface area (Å²) in [5.41, 5.74) is 0. The Kier molecular flexibility index (Phi) is 10.7. The molecule has 2 saturated carbocycles. The number of allylic oxidation sites excluding steroid dienone is 1. The molecule has 0 aromatic carbocycles. The molecule has 0 aliphatic heterocycles. The van der Waals surface area contributed by atoms with Crippen molar-refractivity contribution in [2.24, 2.45) is 17.8 Å². The van der Waals surface area contributed by atoms with E-state index in [2.05, 4.69) is 9.47 Å². The molecule has 0 aromatic rings. The first-order chi connectivity index (χ1) is 14.1. The van der Waals surface area contributed by atoms with Crippen LogP contribution in [0.15, 0.2) is 12.2 Å². The molecule has 2 N–H and O–H groups in total. The Morgan fingerprint density at radius 3 is 2.71 bits per heavy atom. The van der Waals surface area contributed by atoms with Crippen molar-refractivity contribution in [2.45, 2.75) is 76.1 Å². The Morgan fingerprint density at radius 2 is 2.04 bits per heavy atom. The molecule has 2 unspecified atom stereocenters. The molecule has 162 valence electrons. The van der Waals surface area contributed by atoms with Crippen LogP contribution >= 0.6 is 18.9 Å². The minimum atomic E-state index is -0.982. The molecule has 0 saturated heterocycles. The summed E-state index contributed by atoms with van der Waals surface area (Å²) in [6, 6.07) is 0. The van der Waals surface area contributed by atoms with Crippen molar-refractivity contribution in [1.29, 1.82) is 1.28 Å². The summed E-state index contributed by atoms with van der Waals surface area (Å²) < 4.78 is 23.9. The predicted molar refractivity (Wildman–Crippen MR) is 115 cm³/mol. The first-order valence-electron chi connectivity index (χ1n) is 10.9. The lowest BCUT2D eigenvalue weighted by molar-refractivity contribution is -0.141. The van der Waals surface area contributed by atoms with Gasteiger partial charge in [-0.2, -0.15) is 0 Å². The largest absolute Gasteiger partial charge is 0.480 e. The van der Waals surface area contributed by atoms with Crippen LogP contribution in [-0.2, 0) is 18.6 Å². The number of hydrogen-bond donors (Lipinski definition) is 2. The normalized spacial score (nSPS) is 31.0. The molecule has 2 aliphatic rings. The number of carbonyl (C=O) groups is 1. The Labute approximate surface area is 174 Å². The van der Waals surface area contributed by atoms with Gasteiger partial charge in [-0.3, -0.25) is 0 Å². The average Bonchev–Trinajstić information content (AvgIpc) is 3.00. The van der Waals surface area contributed by atoms with Crippen LogP contribution in [-0.4, -0.2) is 49.0 Å². The van der Waals surface area contributed by atoms with E-state index in [1.807, 2.05) is 12.2 Å². The van der Waals surface area contributed by atoms with Crippen LogP contribution in [0.25, 0.3) is 0 Å². The zero-order chi connectivity index (χ0) is 21.1. The van der Waals surface area contributed by atoms with Crippen molar-refractivity contribution in [3.05, 3.63) is 12.2 Å². The monoisotopic (exact) mass is 436 g/mol. The molecule has 0 heterocycles. The minimum absolute atomic E-state index is 0.0728. The van der Waals surface area contributed by atoms with E-state index in [1.54, 1.807) is 0 Å². The molecule has 8 heteroatoms. The average molecular weight is 436 g/mol. The fourth-order valence-electron chi connectivity index (χ4n) is 4.83. The molecule has 0 spiro atoms. The molecule has 2 fully saturated rings. The molecule has 0 radical (unpaired) electrons. The smallest absolute Gasteiger partial charge is 0.329 e. The van der Waals surface area contributed by atoms with Crippen LogP contribution < -0.4 is 0 Å². The summed E-state index contributed by atoms with van der Waals surface area (Å²) in [6.07, 6.45) is 12.9. The van der Waals surface area contributed by atoms with Crippen molar-refractivity contribution < 1.29 is 28.8 Å². The molecule has 2 rings (SSSR count). The highest BCUT2D eigenvalue weighted by molar-refractivity contribution is 7.10. The van der Waals surface area contributed by atoms with Crippen molar-refractivity contribution in [1.82, 2.24) is 0 Å². The van der Waals surface area contributed by atoms with Gasteiger partial charge in [-0.25, -0.2) is 4.79 Å². The van der Waals surface area contributed by atoms with Crippen LogP contribution in [0.1, 0.15) is 57.8 Å². The topological polar surface area (TPSA) is 85.2 Å². The zero-order valence-electron chi connectivity index (χ0n) is 17.5. The third kappa shape index (κ3) is 7.63. The fourth-order valence-corrected chi connectivity index (χ4v) is 5.46. The highest BCUT2D eigenvalue weighted by Crippen LogP contribution is 2.42. The van der Waals surface area contributed by atoms with E-state index in [4.69, 9.17) is 20.2 Å². The van der Waals surface area contributed by atoms with Gasteiger partial charge < -0.3 is 24.0 Å². The zero-order valence-corrected chi connectivity index (χ0v) is 18.7. The van der Waals surface area contributed by atoms with Gasteiger partial charge in [-0.15, -0.1) is 0 Å². The van der Waals surface area contributed by atoms with Gasteiger partial charge in [0.15, 0.2) is 0 Å². The maximum atomic E-state index is 10.6. The van der Waals surface area contributed by atoms with Crippen molar-refractivity contribution in [3.63, 3.8) is 0 Å². The quantitative estimate of drug-likeness (QED) is 0.260. The van der Waals surface area contributed by atoms with Crippen LogP contribution in [0.4, 0.5) is 0 Å². The lowest BCUT2D eigenvalue weighted by Gasteiger charge is -2.31. The fraction of sp³-hybridized carbons (Fsp3) is 0.850. The van der Waals surface area contributed by atoms with E-state index in [0.29, 0.717) is 18.8 Å². The number of carboxylic acid groups (broad SMARTS) is 1. The first kappa shape index (κ1) is 22.6. The molecule has 2 aliphatic carbocycles. The first-order valence-corrected chi connectivity index (χ1v) is 11.2. The summed E-state index contributed by atoms with van der Waals surface area (Å²) >= 11 is 0. The molecular formula is C20H36O6P2. The summed E-state index contributed by atoms with van der Waals surface area (Å²) in [6.45, 7) is -0.0601. The van der Waals surface area contributed by atoms with Crippen molar-refractivity contribution >= 4 is 24.8 Å². The SMILES string of the molecule is [3H]PO[C@@H]1C[C@H](O)[C@H](CC=CCOCC(=O)O)[C@H]1CC[C@@H](OP)C1CCCCC1. The Balaban J connectivity index is 1.89. The van der Waals surface area contributed by atoms with E-state index in [1.165, 1.54) is 32.1 Å². The Hall–Kier alpha value is -0.0900. The Morgan fingerprint density at radius 1 is 1.25 bits per heavy atom. The number of carboxylic acids is 1. The van der Waals surface area contributed by atoms with E-state index < -0.39 is 12.1 Å². The maximum absolute atomic E-state index is 10.6. The molecule has 0 aromatic heterocycles. The second-order valence-electron chi connectivity index (χ2n) is 8.05. The molecule has 7 atom stereocenters. The Bertz CT molecular complexity index is 503. The van der Waals surface area contributed by atoms with E-state index in [9.17, 15) is 9.90 Å². The van der Waals surface area contributed by atoms with Gasteiger partial charge in [0.05, 0.1) is 26.2 Å². The number of rotatable bonds is 13. The van der Waals surface area contributed by atoms with Crippen LogP contribution in [0.2, 0.25) is 0 Å². The number of aliphatic hydroxyl groups excluding tert-OH is 1.